The number of carbonyl (C=O) groups is 1. The van der Waals surface area contributed by atoms with Crippen LogP contribution in [0.3, 0.4) is 0 Å². The molecule has 0 aliphatic rings. The number of nitrogens with zero attached hydrogens (tertiary/aromatic N) is 1. The number of amides is 1. The van der Waals surface area contributed by atoms with Crippen molar-refractivity contribution in [1.29, 1.82) is 0 Å². The van der Waals surface area contributed by atoms with Crippen molar-refractivity contribution >= 4 is 68.2 Å². The SMILES string of the molecule is O=C(CN(c1cc(Cl)cc(Cl)c1)S(=O)(=O)c1ccccc1)NCCSc1ccc(Cl)cc1. The summed E-state index contributed by atoms with van der Waals surface area (Å²) in [6.07, 6.45) is 0. The summed E-state index contributed by atoms with van der Waals surface area (Å²) < 4.78 is 27.6. The molecule has 0 atom stereocenters. The number of nitrogens with one attached hydrogen (secondary N) is 1. The number of benzene rings is 3. The largest absolute Gasteiger partial charge is 0.354 e. The zero-order valence-corrected chi connectivity index (χ0v) is 20.6. The smallest absolute Gasteiger partial charge is 0.264 e. The summed E-state index contributed by atoms with van der Waals surface area (Å²) in [6, 6.07) is 19.7. The summed E-state index contributed by atoms with van der Waals surface area (Å²) in [5.74, 6) is 0.166. The molecule has 0 saturated heterocycles. The topological polar surface area (TPSA) is 66.5 Å². The number of halogens is 3. The van der Waals surface area contributed by atoms with Gasteiger partial charge in [-0.1, -0.05) is 53.0 Å². The molecule has 0 aliphatic heterocycles. The van der Waals surface area contributed by atoms with Gasteiger partial charge in [0.15, 0.2) is 0 Å². The van der Waals surface area contributed by atoms with Crippen LogP contribution in [0.5, 0.6) is 0 Å². The Kier molecular flexibility index (Phi) is 8.73. The van der Waals surface area contributed by atoms with E-state index >= 15 is 0 Å². The first-order chi connectivity index (χ1) is 15.3. The first-order valence-electron chi connectivity index (χ1n) is 9.44. The van der Waals surface area contributed by atoms with Gasteiger partial charge in [0.2, 0.25) is 5.91 Å². The van der Waals surface area contributed by atoms with Gasteiger partial charge in [0.05, 0.1) is 10.6 Å². The number of thioether (sulfide) groups is 1. The lowest BCUT2D eigenvalue weighted by Gasteiger charge is -2.24. The first-order valence-corrected chi connectivity index (χ1v) is 13.0. The van der Waals surface area contributed by atoms with E-state index in [0.717, 1.165) is 9.20 Å². The zero-order valence-electron chi connectivity index (χ0n) is 16.7. The number of rotatable bonds is 9. The van der Waals surface area contributed by atoms with Crippen molar-refractivity contribution in [1.82, 2.24) is 5.32 Å². The van der Waals surface area contributed by atoms with Gasteiger partial charge in [-0.05, 0) is 54.6 Å². The monoisotopic (exact) mass is 528 g/mol. The average molecular weight is 530 g/mol. The third kappa shape index (κ3) is 6.80. The van der Waals surface area contributed by atoms with Gasteiger partial charge in [-0.15, -0.1) is 11.8 Å². The van der Waals surface area contributed by atoms with Gasteiger partial charge >= 0.3 is 0 Å². The molecule has 0 heterocycles. The summed E-state index contributed by atoms with van der Waals surface area (Å²) in [4.78, 5) is 13.7. The molecule has 5 nitrogen and oxygen atoms in total. The molecule has 0 spiro atoms. The molecule has 0 aromatic heterocycles. The highest BCUT2D eigenvalue weighted by Gasteiger charge is 2.27. The normalized spacial score (nSPS) is 11.2. The fourth-order valence-electron chi connectivity index (χ4n) is 2.79. The lowest BCUT2D eigenvalue weighted by Crippen LogP contribution is -2.41. The molecule has 10 heteroatoms. The predicted molar refractivity (Wildman–Crippen MR) is 133 cm³/mol. The molecule has 0 fully saturated rings. The molecule has 0 unspecified atom stereocenters. The van der Waals surface area contributed by atoms with Crippen LogP contribution in [0.25, 0.3) is 0 Å². The Hall–Kier alpha value is -1.90. The van der Waals surface area contributed by atoms with Crippen LogP contribution in [-0.2, 0) is 14.8 Å². The summed E-state index contributed by atoms with van der Waals surface area (Å²) in [5, 5.41) is 3.94. The second-order valence-corrected chi connectivity index (χ2v) is 10.9. The van der Waals surface area contributed by atoms with Crippen LogP contribution >= 0.6 is 46.6 Å². The van der Waals surface area contributed by atoms with Gasteiger partial charge in [-0.3, -0.25) is 9.10 Å². The van der Waals surface area contributed by atoms with Gasteiger partial charge in [0, 0.05) is 32.3 Å². The van der Waals surface area contributed by atoms with Crippen LogP contribution in [0.4, 0.5) is 5.69 Å². The minimum absolute atomic E-state index is 0.0576. The van der Waals surface area contributed by atoms with Gasteiger partial charge < -0.3 is 5.32 Å². The van der Waals surface area contributed by atoms with Crippen molar-refractivity contribution in [3.63, 3.8) is 0 Å². The van der Waals surface area contributed by atoms with E-state index in [1.165, 1.54) is 30.3 Å². The third-order valence-corrected chi connectivity index (χ3v) is 7.75. The van der Waals surface area contributed by atoms with Crippen LogP contribution < -0.4 is 9.62 Å². The quantitative estimate of drug-likeness (QED) is 0.283. The summed E-state index contributed by atoms with van der Waals surface area (Å²) in [5.41, 5.74) is 0.206. The summed E-state index contributed by atoms with van der Waals surface area (Å²) in [7, 11) is -4.02. The van der Waals surface area contributed by atoms with Crippen molar-refractivity contribution in [2.24, 2.45) is 0 Å². The Bertz CT molecular complexity index is 1150. The minimum Gasteiger partial charge on any atom is -0.354 e. The molecule has 168 valence electrons. The molecule has 3 aromatic carbocycles. The van der Waals surface area contributed by atoms with E-state index in [-0.39, 0.29) is 20.6 Å². The molecule has 3 aromatic rings. The Balaban J connectivity index is 1.72. The number of carbonyl (C=O) groups excluding carboxylic acids is 1. The molecule has 0 radical (unpaired) electrons. The lowest BCUT2D eigenvalue weighted by atomic mass is 10.3. The second kappa shape index (κ2) is 11.3. The number of anilines is 1. The molecule has 1 N–H and O–H groups in total. The number of hydrogen-bond donors (Lipinski definition) is 1. The zero-order chi connectivity index (χ0) is 23.1. The van der Waals surface area contributed by atoms with E-state index in [2.05, 4.69) is 5.32 Å². The van der Waals surface area contributed by atoms with Crippen molar-refractivity contribution in [2.45, 2.75) is 9.79 Å². The lowest BCUT2D eigenvalue weighted by molar-refractivity contribution is -0.119. The highest BCUT2D eigenvalue weighted by molar-refractivity contribution is 7.99. The van der Waals surface area contributed by atoms with Crippen molar-refractivity contribution in [3.05, 3.63) is 87.9 Å². The Morgan fingerprint density at radius 2 is 1.50 bits per heavy atom. The molecule has 0 bridgehead atoms. The maximum atomic E-state index is 13.3. The van der Waals surface area contributed by atoms with Gasteiger partial charge in [0.25, 0.3) is 10.0 Å². The molecular weight excluding hydrogens is 511 g/mol. The van der Waals surface area contributed by atoms with Crippen molar-refractivity contribution in [3.8, 4) is 0 Å². The summed E-state index contributed by atoms with van der Waals surface area (Å²) >= 11 is 19.6. The second-order valence-electron chi connectivity index (χ2n) is 6.60. The fraction of sp³-hybridized carbons (Fsp3) is 0.136. The summed E-state index contributed by atoms with van der Waals surface area (Å²) in [6.45, 7) is -0.0544. The Labute approximate surface area is 206 Å². The van der Waals surface area contributed by atoms with Gasteiger partial charge in [0.1, 0.15) is 6.54 Å². The molecule has 32 heavy (non-hydrogen) atoms. The maximum absolute atomic E-state index is 13.3. The number of sulfonamides is 1. The van der Waals surface area contributed by atoms with E-state index in [9.17, 15) is 13.2 Å². The highest BCUT2D eigenvalue weighted by atomic mass is 35.5. The molecular formula is C22H19Cl3N2O3S2. The van der Waals surface area contributed by atoms with Crippen LogP contribution in [0.1, 0.15) is 0 Å². The van der Waals surface area contributed by atoms with Crippen LogP contribution in [-0.4, -0.2) is 33.2 Å². The Morgan fingerprint density at radius 3 is 2.12 bits per heavy atom. The van der Waals surface area contributed by atoms with E-state index in [0.29, 0.717) is 17.3 Å². The van der Waals surface area contributed by atoms with Crippen LogP contribution in [0, 0.1) is 0 Å². The fourth-order valence-corrected chi connectivity index (χ4v) is 5.63. The van der Waals surface area contributed by atoms with Crippen molar-refractivity contribution < 1.29 is 13.2 Å². The maximum Gasteiger partial charge on any atom is 0.264 e. The van der Waals surface area contributed by atoms with Gasteiger partial charge in [-0.25, -0.2) is 8.42 Å². The molecule has 0 saturated carbocycles. The molecule has 3 rings (SSSR count). The average Bonchev–Trinajstić information content (AvgIpc) is 2.76. The van der Waals surface area contributed by atoms with E-state index in [1.807, 2.05) is 12.1 Å². The predicted octanol–water partition coefficient (Wildman–Crippen LogP) is 5.75. The van der Waals surface area contributed by atoms with Crippen LogP contribution in [0.2, 0.25) is 15.1 Å². The van der Waals surface area contributed by atoms with E-state index < -0.39 is 22.5 Å². The third-order valence-electron chi connectivity index (χ3n) is 4.26. The molecule has 0 aliphatic carbocycles. The highest BCUT2D eigenvalue weighted by Crippen LogP contribution is 2.29. The Morgan fingerprint density at radius 1 is 0.875 bits per heavy atom. The minimum atomic E-state index is -4.02. The standard InChI is InChI=1S/C22H19Cl3N2O3S2/c23-16-6-8-20(9-7-16)31-11-10-26-22(28)15-27(19-13-17(24)12-18(25)14-19)32(29,30)21-4-2-1-3-5-21/h1-9,12-14H,10-11,15H2,(H,26,28). The van der Waals surface area contributed by atoms with Gasteiger partial charge in [-0.2, -0.15) is 0 Å². The molecule has 1 amide bonds. The number of hydrogen-bond acceptors (Lipinski definition) is 4. The van der Waals surface area contributed by atoms with Crippen LogP contribution in [0.15, 0.2) is 82.6 Å². The van der Waals surface area contributed by atoms with Crippen molar-refractivity contribution in [2.75, 3.05) is 23.1 Å². The van der Waals surface area contributed by atoms with E-state index in [4.69, 9.17) is 34.8 Å². The van der Waals surface area contributed by atoms with E-state index in [1.54, 1.807) is 42.1 Å². The first kappa shape index (κ1) is 24.7.